The largest absolute Gasteiger partial charge is 0.484 e. The van der Waals surface area contributed by atoms with Crippen LogP contribution in [0.1, 0.15) is 16.7 Å². The Kier molecular flexibility index (Phi) is 5.15. The number of carbonyl (C=O) groups is 1. The lowest BCUT2D eigenvalue weighted by Crippen LogP contribution is -2.31. The van der Waals surface area contributed by atoms with Gasteiger partial charge in [0.05, 0.1) is 0 Å². The predicted molar refractivity (Wildman–Crippen MR) is 84.3 cm³/mol. The standard InChI is InChI=1S/C18H20FNO2/c1-13-4-9-17(14(2)10-13)22-12-18(21)20(3)11-15-5-7-16(19)8-6-15/h4-10H,11-12H2,1-3H3. The molecular weight excluding hydrogens is 281 g/mol. The van der Waals surface area contributed by atoms with Gasteiger partial charge in [-0.1, -0.05) is 29.8 Å². The first kappa shape index (κ1) is 16.0. The number of aryl methyl sites for hydroxylation is 2. The van der Waals surface area contributed by atoms with Gasteiger partial charge in [-0.25, -0.2) is 4.39 Å². The summed E-state index contributed by atoms with van der Waals surface area (Å²) in [7, 11) is 1.71. The van der Waals surface area contributed by atoms with Crippen LogP contribution in [0, 0.1) is 19.7 Å². The van der Waals surface area contributed by atoms with Crippen molar-refractivity contribution in [3.05, 3.63) is 65.0 Å². The molecule has 116 valence electrons. The third kappa shape index (κ3) is 4.32. The maximum Gasteiger partial charge on any atom is 0.260 e. The summed E-state index contributed by atoms with van der Waals surface area (Å²) in [5.41, 5.74) is 3.04. The number of carbonyl (C=O) groups excluding carboxylic acids is 1. The average Bonchev–Trinajstić information content (AvgIpc) is 2.48. The summed E-state index contributed by atoms with van der Waals surface area (Å²) in [6.45, 7) is 4.38. The van der Waals surface area contributed by atoms with Gasteiger partial charge in [0.25, 0.3) is 5.91 Å². The average molecular weight is 301 g/mol. The van der Waals surface area contributed by atoms with Gasteiger partial charge in [0.1, 0.15) is 11.6 Å². The van der Waals surface area contributed by atoms with Crippen LogP contribution in [0.15, 0.2) is 42.5 Å². The molecule has 0 radical (unpaired) electrons. The highest BCUT2D eigenvalue weighted by Gasteiger charge is 2.11. The van der Waals surface area contributed by atoms with Crippen molar-refractivity contribution in [3.63, 3.8) is 0 Å². The minimum atomic E-state index is -0.282. The molecule has 0 heterocycles. The van der Waals surface area contributed by atoms with Crippen molar-refractivity contribution in [3.8, 4) is 5.75 Å². The van der Waals surface area contributed by atoms with Crippen LogP contribution in [-0.4, -0.2) is 24.5 Å². The summed E-state index contributed by atoms with van der Waals surface area (Å²) in [4.78, 5) is 13.7. The number of halogens is 1. The van der Waals surface area contributed by atoms with Crippen LogP contribution in [0.4, 0.5) is 4.39 Å². The normalized spacial score (nSPS) is 10.4. The molecule has 0 saturated heterocycles. The van der Waals surface area contributed by atoms with E-state index in [2.05, 4.69) is 0 Å². The quantitative estimate of drug-likeness (QED) is 0.846. The first-order chi connectivity index (χ1) is 10.5. The first-order valence-corrected chi connectivity index (χ1v) is 7.14. The lowest BCUT2D eigenvalue weighted by Gasteiger charge is -2.18. The summed E-state index contributed by atoms with van der Waals surface area (Å²) in [5, 5.41) is 0. The van der Waals surface area contributed by atoms with Gasteiger partial charge in [0.2, 0.25) is 0 Å². The summed E-state index contributed by atoms with van der Waals surface area (Å²) in [6, 6.07) is 12.0. The molecule has 0 atom stereocenters. The van der Waals surface area contributed by atoms with Gasteiger partial charge in [0, 0.05) is 13.6 Å². The van der Waals surface area contributed by atoms with Crippen molar-refractivity contribution >= 4 is 5.91 Å². The maximum atomic E-state index is 12.9. The van der Waals surface area contributed by atoms with Crippen molar-refractivity contribution in [2.45, 2.75) is 20.4 Å². The molecule has 2 rings (SSSR count). The molecule has 1 amide bonds. The lowest BCUT2D eigenvalue weighted by molar-refractivity contribution is -0.132. The Bertz CT molecular complexity index is 653. The Labute approximate surface area is 130 Å². The van der Waals surface area contributed by atoms with Crippen LogP contribution < -0.4 is 4.74 Å². The van der Waals surface area contributed by atoms with Crippen molar-refractivity contribution in [2.24, 2.45) is 0 Å². The zero-order chi connectivity index (χ0) is 16.1. The van der Waals surface area contributed by atoms with Crippen LogP contribution in [0.2, 0.25) is 0 Å². The van der Waals surface area contributed by atoms with Gasteiger partial charge >= 0.3 is 0 Å². The summed E-state index contributed by atoms with van der Waals surface area (Å²) in [6.07, 6.45) is 0. The number of likely N-dealkylation sites (N-methyl/N-ethyl adjacent to an activating group) is 1. The minimum absolute atomic E-state index is 0.0123. The van der Waals surface area contributed by atoms with Crippen LogP contribution in [0.25, 0.3) is 0 Å². The Balaban J connectivity index is 1.89. The second-order valence-electron chi connectivity index (χ2n) is 5.43. The molecule has 22 heavy (non-hydrogen) atoms. The SMILES string of the molecule is Cc1ccc(OCC(=O)N(C)Cc2ccc(F)cc2)c(C)c1. The van der Waals surface area contributed by atoms with Crippen molar-refractivity contribution in [1.82, 2.24) is 4.90 Å². The van der Waals surface area contributed by atoms with Crippen LogP contribution >= 0.6 is 0 Å². The number of rotatable bonds is 5. The fourth-order valence-corrected chi connectivity index (χ4v) is 2.16. The van der Waals surface area contributed by atoms with E-state index < -0.39 is 0 Å². The molecule has 0 spiro atoms. The van der Waals surface area contributed by atoms with Gasteiger partial charge in [-0.3, -0.25) is 4.79 Å². The highest BCUT2D eigenvalue weighted by Crippen LogP contribution is 2.18. The van der Waals surface area contributed by atoms with Gasteiger partial charge < -0.3 is 9.64 Å². The molecule has 4 heteroatoms. The van der Waals surface area contributed by atoms with Crippen LogP contribution in [0.3, 0.4) is 0 Å². The topological polar surface area (TPSA) is 29.5 Å². The Morgan fingerprint density at radius 3 is 2.45 bits per heavy atom. The molecule has 0 unspecified atom stereocenters. The molecule has 0 bridgehead atoms. The second kappa shape index (κ2) is 7.07. The second-order valence-corrected chi connectivity index (χ2v) is 5.43. The molecule has 0 aliphatic heterocycles. The van der Waals surface area contributed by atoms with Crippen molar-refractivity contribution < 1.29 is 13.9 Å². The summed E-state index contributed by atoms with van der Waals surface area (Å²) >= 11 is 0. The predicted octanol–water partition coefficient (Wildman–Crippen LogP) is 3.48. The first-order valence-electron chi connectivity index (χ1n) is 7.14. The van der Waals surface area contributed by atoms with Crippen LogP contribution in [-0.2, 0) is 11.3 Å². The number of ether oxygens (including phenoxy) is 1. The van der Waals surface area contributed by atoms with E-state index in [1.165, 1.54) is 12.1 Å². The van der Waals surface area contributed by atoms with E-state index >= 15 is 0 Å². The van der Waals surface area contributed by atoms with E-state index in [4.69, 9.17) is 4.74 Å². The monoisotopic (exact) mass is 301 g/mol. The lowest BCUT2D eigenvalue weighted by atomic mass is 10.1. The van der Waals surface area contributed by atoms with E-state index in [1.807, 2.05) is 32.0 Å². The minimum Gasteiger partial charge on any atom is -0.484 e. The van der Waals surface area contributed by atoms with Gasteiger partial charge in [-0.2, -0.15) is 0 Å². The Morgan fingerprint density at radius 1 is 1.14 bits per heavy atom. The number of amides is 1. The number of benzene rings is 2. The fraction of sp³-hybridized carbons (Fsp3) is 0.278. The third-order valence-electron chi connectivity index (χ3n) is 3.44. The number of nitrogens with zero attached hydrogens (tertiary/aromatic N) is 1. The molecule has 0 N–H and O–H groups in total. The smallest absolute Gasteiger partial charge is 0.260 e. The highest BCUT2D eigenvalue weighted by molar-refractivity contribution is 5.77. The van der Waals surface area contributed by atoms with E-state index in [0.717, 1.165) is 16.7 Å². The van der Waals surface area contributed by atoms with Gasteiger partial charge in [-0.15, -0.1) is 0 Å². The maximum absolute atomic E-state index is 12.9. The zero-order valence-electron chi connectivity index (χ0n) is 13.1. The van der Waals surface area contributed by atoms with Gasteiger partial charge in [-0.05, 0) is 43.2 Å². The summed E-state index contributed by atoms with van der Waals surface area (Å²) < 4.78 is 18.4. The van der Waals surface area contributed by atoms with E-state index in [1.54, 1.807) is 24.1 Å². The molecule has 0 aliphatic rings. The summed E-state index contributed by atoms with van der Waals surface area (Å²) in [5.74, 6) is 0.314. The van der Waals surface area contributed by atoms with Crippen molar-refractivity contribution in [1.29, 1.82) is 0 Å². The Hall–Kier alpha value is -2.36. The number of hydrogen-bond donors (Lipinski definition) is 0. The molecule has 0 saturated carbocycles. The van der Waals surface area contributed by atoms with E-state index in [9.17, 15) is 9.18 Å². The molecule has 0 aliphatic carbocycles. The molecule has 0 aromatic heterocycles. The highest BCUT2D eigenvalue weighted by atomic mass is 19.1. The van der Waals surface area contributed by atoms with E-state index in [0.29, 0.717) is 12.3 Å². The fourth-order valence-electron chi connectivity index (χ4n) is 2.16. The molecular formula is C18H20FNO2. The molecule has 3 nitrogen and oxygen atoms in total. The Morgan fingerprint density at radius 2 is 1.82 bits per heavy atom. The van der Waals surface area contributed by atoms with E-state index in [-0.39, 0.29) is 18.3 Å². The van der Waals surface area contributed by atoms with Crippen LogP contribution in [0.5, 0.6) is 5.75 Å². The molecule has 2 aromatic rings. The molecule has 0 fully saturated rings. The zero-order valence-corrected chi connectivity index (χ0v) is 13.1. The van der Waals surface area contributed by atoms with Gasteiger partial charge in [0.15, 0.2) is 6.61 Å². The third-order valence-corrected chi connectivity index (χ3v) is 3.44. The van der Waals surface area contributed by atoms with Crippen molar-refractivity contribution in [2.75, 3.05) is 13.7 Å². The number of hydrogen-bond acceptors (Lipinski definition) is 2. The molecule has 2 aromatic carbocycles.